The highest BCUT2D eigenvalue weighted by Crippen LogP contribution is 2.39. The monoisotopic (exact) mass is 321 g/mol. The van der Waals surface area contributed by atoms with E-state index in [0.29, 0.717) is 18.8 Å². The van der Waals surface area contributed by atoms with E-state index in [1.54, 1.807) is 11.0 Å². The van der Waals surface area contributed by atoms with Gasteiger partial charge >= 0.3 is 6.09 Å². The minimum atomic E-state index is -0.482. The number of hydrogen-bond donors (Lipinski definition) is 0. The zero-order valence-corrected chi connectivity index (χ0v) is 14.0. The second kappa shape index (κ2) is 5.69. The number of hydrogen-bond acceptors (Lipinski definition) is 3. The molecule has 1 saturated heterocycles. The molecular formula is C18H24FNO3. The molecule has 0 saturated carbocycles. The van der Waals surface area contributed by atoms with Crippen molar-refractivity contribution >= 4 is 6.09 Å². The van der Waals surface area contributed by atoms with Crippen molar-refractivity contribution in [3.05, 3.63) is 29.6 Å². The van der Waals surface area contributed by atoms with Crippen molar-refractivity contribution in [1.29, 1.82) is 0 Å². The molecule has 0 aromatic heterocycles. The molecule has 1 amide bonds. The molecule has 0 unspecified atom stereocenters. The molecule has 1 fully saturated rings. The number of aryl methyl sites for hydroxylation is 1. The normalized spacial score (nSPS) is 19.9. The molecule has 1 aromatic carbocycles. The molecule has 2 aliphatic heterocycles. The van der Waals surface area contributed by atoms with E-state index in [9.17, 15) is 9.18 Å². The van der Waals surface area contributed by atoms with E-state index in [1.807, 2.05) is 20.8 Å². The van der Waals surface area contributed by atoms with E-state index in [0.717, 1.165) is 31.2 Å². The van der Waals surface area contributed by atoms with Crippen LogP contribution in [0.4, 0.5) is 9.18 Å². The zero-order chi connectivity index (χ0) is 16.7. The van der Waals surface area contributed by atoms with Gasteiger partial charge in [0.2, 0.25) is 0 Å². The number of benzene rings is 1. The summed E-state index contributed by atoms with van der Waals surface area (Å²) in [4.78, 5) is 13.9. The lowest BCUT2D eigenvalue weighted by Crippen LogP contribution is -2.52. The first kappa shape index (κ1) is 16.1. The van der Waals surface area contributed by atoms with E-state index in [2.05, 4.69) is 0 Å². The number of fused-ring (bicyclic) bond motifs is 1. The molecule has 0 aliphatic carbocycles. The molecule has 126 valence electrons. The van der Waals surface area contributed by atoms with Crippen molar-refractivity contribution in [1.82, 2.24) is 4.90 Å². The first-order valence-corrected chi connectivity index (χ1v) is 8.22. The van der Waals surface area contributed by atoms with Crippen LogP contribution in [-0.2, 0) is 11.2 Å². The third-order valence-electron chi connectivity index (χ3n) is 4.53. The Kier molecular flexibility index (Phi) is 3.98. The Bertz CT molecular complexity index is 601. The molecule has 3 rings (SSSR count). The largest absolute Gasteiger partial charge is 0.487 e. The number of rotatable bonds is 0. The fourth-order valence-electron chi connectivity index (χ4n) is 3.25. The Labute approximate surface area is 136 Å². The average molecular weight is 321 g/mol. The van der Waals surface area contributed by atoms with E-state index in [1.165, 1.54) is 12.1 Å². The van der Waals surface area contributed by atoms with Crippen LogP contribution < -0.4 is 4.74 Å². The smallest absolute Gasteiger partial charge is 0.410 e. The van der Waals surface area contributed by atoms with E-state index in [-0.39, 0.29) is 17.5 Å². The summed E-state index contributed by atoms with van der Waals surface area (Å²) in [5.74, 6) is 0.383. The highest BCUT2D eigenvalue weighted by molar-refractivity contribution is 5.68. The Morgan fingerprint density at radius 2 is 1.96 bits per heavy atom. The van der Waals surface area contributed by atoms with Crippen LogP contribution in [0, 0.1) is 5.82 Å². The quantitative estimate of drug-likeness (QED) is 0.727. The predicted octanol–water partition coefficient (Wildman–Crippen LogP) is 3.92. The molecular weight excluding hydrogens is 297 g/mol. The molecule has 1 aromatic rings. The Hall–Kier alpha value is -1.78. The summed E-state index contributed by atoms with van der Waals surface area (Å²) in [5, 5.41) is 0. The maximum atomic E-state index is 13.4. The maximum Gasteiger partial charge on any atom is 0.410 e. The number of likely N-dealkylation sites (tertiary alicyclic amines) is 1. The van der Waals surface area contributed by atoms with Crippen LogP contribution in [0.15, 0.2) is 18.2 Å². The van der Waals surface area contributed by atoms with Crippen LogP contribution >= 0.6 is 0 Å². The summed E-state index contributed by atoms with van der Waals surface area (Å²) in [6, 6.07) is 4.75. The van der Waals surface area contributed by atoms with Crippen LogP contribution in [0.1, 0.15) is 45.6 Å². The zero-order valence-electron chi connectivity index (χ0n) is 14.0. The molecule has 23 heavy (non-hydrogen) atoms. The van der Waals surface area contributed by atoms with Gasteiger partial charge in [-0.15, -0.1) is 0 Å². The van der Waals surface area contributed by atoms with Gasteiger partial charge in [-0.1, -0.05) is 6.07 Å². The van der Waals surface area contributed by atoms with Crippen LogP contribution in [0.3, 0.4) is 0 Å². The highest BCUT2D eigenvalue weighted by Gasteiger charge is 2.41. The summed E-state index contributed by atoms with van der Waals surface area (Å²) >= 11 is 0. The SMILES string of the molecule is CC(C)(C)OC(=O)N1CCC2(CCc3ccc(F)cc3O2)CC1. The molecule has 2 aliphatic rings. The van der Waals surface area contributed by atoms with Gasteiger partial charge in [-0.05, 0) is 45.2 Å². The van der Waals surface area contributed by atoms with Crippen molar-refractivity contribution in [2.24, 2.45) is 0 Å². The standard InChI is InChI=1S/C18H24FNO3/c1-17(2,3)23-16(21)20-10-8-18(9-11-20)7-6-13-4-5-14(19)12-15(13)22-18/h4-5,12H,6-11H2,1-3H3. The summed E-state index contributed by atoms with van der Waals surface area (Å²) in [5.41, 5.74) is 0.301. The van der Waals surface area contributed by atoms with E-state index in [4.69, 9.17) is 9.47 Å². The fourth-order valence-corrected chi connectivity index (χ4v) is 3.25. The van der Waals surface area contributed by atoms with Gasteiger partial charge in [0.1, 0.15) is 22.8 Å². The number of amides is 1. The average Bonchev–Trinajstić information content (AvgIpc) is 2.45. The molecule has 4 nitrogen and oxygen atoms in total. The molecule has 0 radical (unpaired) electrons. The van der Waals surface area contributed by atoms with Crippen molar-refractivity contribution < 1.29 is 18.7 Å². The number of carbonyl (C=O) groups excluding carboxylic acids is 1. The van der Waals surface area contributed by atoms with Gasteiger partial charge < -0.3 is 14.4 Å². The minimum absolute atomic E-state index is 0.269. The second-order valence-corrected chi connectivity index (χ2v) is 7.50. The summed E-state index contributed by atoms with van der Waals surface area (Å²) in [6.45, 7) is 6.82. The lowest BCUT2D eigenvalue weighted by atomic mass is 9.83. The van der Waals surface area contributed by atoms with Crippen molar-refractivity contribution in [2.45, 2.75) is 57.7 Å². The van der Waals surface area contributed by atoms with Gasteiger partial charge in [0.15, 0.2) is 0 Å². The molecule has 0 bridgehead atoms. The summed E-state index contributed by atoms with van der Waals surface area (Å²) < 4.78 is 25.0. The first-order chi connectivity index (χ1) is 10.8. The predicted molar refractivity (Wildman–Crippen MR) is 85.1 cm³/mol. The summed E-state index contributed by atoms with van der Waals surface area (Å²) in [7, 11) is 0. The van der Waals surface area contributed by atoms with Gasteiger partial charge in [-0.2, -0.15) is 0 Å². The lowest BCUT2D eigenvalue weighted by Gasteiger charge is -2.44. The molecule has 0 N–H and O–H groups in total. The first-order valence-electron chi connectivity index (χ1n) is 8.22. The van der Waals surface area contributed by atoms with Crippen LogP contribution in [0.2, 0.25) is 0 Å². The second-order valence-electron chi connectivity index (χ2n) is 7.50. The molecule has 0 atom stereocenters. The van der Waals surface area contributed by atoms with Gasteiger partial charge in [0.05, 0.1) is 0 Å². The van der Waals surface area contributed by atoms with E-state index < -0.39 is 5.60 Å². The highest BCUT2D eigenvalue weighted by atomic mass is 19.1. The van der Waals surface area contributed by atoms with Crippen molar-refractivity contribution in [3.63, 3.8) is 0 Å². The maximum absolute atomic E-state index is 13.4. The number of halogens is 1. The summed E-state index contributed by atoms with van der Waals surface area (Å²) in [6.07, 6.45) is 3.04. The molecule has 1 spiro atoms. The Balaban J connectivity index is 1.64. The molecule has 5 heteroatoms. The third kappa shape index (κ3) is 3.59. The Morgan fingerprint density at radius 3 is 2.61 bits per heavy atom. The topological polar surface area (TPSA) is 38.8 Å². The van der Waals surface area contributed by atoms with E-state index >= 15 is 0 Å². The third-order valence-corrected chi connectivity index (χ3v) is 4.53. The number of ether oxygens (including phenoxy) is 2. The molecule has 2 heterocycles. The lowest BCUT2D eigenvalue weighted by molar-refractivity contribution is -0.0273. The number of carbonyl (C=O) groups is 1. The van der Waals surface area contributed by atoms with Crippen LogP contribution in [0.25, 0.3) is 0 Å². The van der Waals surface area contributed by atoms with Gasteiger partial charge in [0, 0.05) is 32.0 Å². The number of nitrogens with zero attached hydrogens (tertiary/aromatic N) is 1. The van der Waals surface area contributed by atoms with Gasteiger partial charge in [-0.3, -0.25) is 0 Å². The van der Waals surface area contributed by atoms with Crippen LogP contribution in [0.5, 0.6) is 5.75 Å². The number of piperidine rings is 1. The minimum Gasteiger partial charge on any atom is -0.487 e. The Morgan fingerprint density at radius 1 is 1.26 bits per heavy atom. The van der Waals surface area contributed by atoms with Crippen molar-refractivity contribution in [2.75, 3.05) is 13.1 Å². The van der Waals surface area contributed by atoms with Crippen molar-refractivity contribution in [3.8, 4) is 5.75 Å². The van der Waals surface area contributed by atoms with Gasteiger partial charge in [0.25, 0.3) is 0 Å². The fraction of sp³-hybridized carbons (Fsp3) is 0.611. The van der Waals surface area contributed by atoms with Crippen LogP contribution in [-0.4, -0.2) is 35.3 Å². The van der Waals surface area contributed by atoms with Gasteiger partial charge in [-0.25, -0.2) is 9.18 Å².